The molecule has 1 heterocycles. The number of aliphatic imine (C=N–C) groups is 1. The molecule has 9 heteroatoms. The van der Waals surface area contributed by atoms with Gasteiger partial charge in [-0.3, -0.25) is 9.48 Å². The first kappa shape index (κ1) is 20.9. The van der Waals surface area contributed by atoms with Crippen molar-refractivity contribution in [1.29, 1.82) is 0 Å². The van der Waals surface area contributed by atoms with Crippen molar-refractivity contribution < 1.29 is 4.79 Å². The van der Waals surface area contributed by atoms with Crippen molar-refractivity contribution in [2.45, 2.75) is 20.0 Å². The number of carbonyl (C=O) groups is 1. The third-order valence-corrected chi connectivity index (χ3v) is 3.43. The van der Waals surface area contributed by atoms with Gasteiger partial charge in [-0.15, -0.1) is 24.0 Å². The topological polar surface area (TPSA) is 96.2 Å². The summed E-state index contributed by atoms with van der Waals surface area (Å²) in [4.78, 5) is 20.2. The number of halogens is 1. The Morgan fingerprint density at radius 3 is 2.52 bits per heavy atom. The van der Waals surface area contributed by atoms with Gasteiger partial charge in [0.1, 0.15) is 12.2 Å². The molecular weight excluding hydrogens is 433 g/mol. The Morgan fingerprint density at radius 2 is 1.96 bits per heavy atom. The number of benzene rings is 1. The molecule has 25 heavy (non-hydrogen) atoms. The van der Waals surface area contributed by atoms with E-state index < -0.39 is 0 Å². The van der Waals surface area contributed by atoms with E-state index in [2.05, 4.69) is 31.0 Å². The molecule has 0 saturated heterocycles. The summed E-state index contributed by atoms with van der Waals surface area (Å²) in [6.45, 7) is 3.83. The summed E-state index contributed by atoms with van der Waals surface area (Å²) in [6.07, 6.45) is 1.52. The molecule has 0 aliphatic rings. The lowest BCUT2D eigenvalue weighted by atomic mass is 10.1. The van der Waals surface area contributed by atoms with Gasteiger partial charge in [-0.1, -0.05) is 12.1 Å². The lowest BCUT2D eigenvalue weighted by Gasteiger charge is -2.11. The molecular formula is C16H24IN7O. The van der Waals surface area contributed by atoms with Crippen LogP contribution in [0, 0.1) is 0 Å². The van der Waals surface area contributed by atoms with Crippen LogP contribution in [0.5, 0.6) is 0 Å². The molecule has 0 atom stereocenters. The maximum Gasteiger partial charge on any atom is 0.251 e. The van der Waals surface area contributed by atoms with E-state index in [9.17, 15) is 4.79 Å². The number of rotatable bonds is 6. The number of aromatic nitrogens is 3. The lowest BCUT2D eigenvalue weighted by Crippen LogP contribution is -2.37. The maximum absolute atomic E-state index is 11.5. The second-order valence-corrected chi connectivity index (χ2v) is 5.12. The van der Waals surface area contributed by atoms with Crippen LogP contribution in [0.3, 0.4) is 0 Å². The quantitative estimate of drug-likeness (QED) is 0.343. The van der Waals surface area contributed by atoms with Gasteiger partial charge in [0, 0.05) is 26.2 Å². The van der Waals surface area contributed by atoms with Crippen LogP contribution in [-0.2, 0) is 20.1 Å². The van der Waals surface area contributed by atoms with Crippen LogP contribution in [0.4, 0.5) is 0 Å². The maximum atomic E-state index is 11.5. The van der Waals surface area contributed by atoms with E-state index in [1.807, 2.05) is 26.1 Å². The molecule has 1 aromatic carbocycles. The van der Waals surface area contributed by atoms with Gasteiger partial charge in [-0.25, -0.2) is 9.98 Å². The number of hydrogen-bond acceptors (Lipinski definition) is 4. The number of nitrogens with one attached hydrogen (secondary N) is 3. The standard InChI is InChI=1S/C16H23N7O.HI/c1-4-18-16(20-10-14-21-11-22-23(14)3)19-9-12-5-7-13(8-6-12)15(24)17-2;/h5-8,11H,4,9-10H2,1-3H3,(H,17,24)(H2,18,19,20);1H. The molecule has 1 amide bonds. The van der Waals surface area contributed by atoms with Crippen molar-refractivity contribution in [2.24, 2.45) is 12.0 Å². The second-order valence-electron chi connectivity index (χ2n) is 5.12. The summed E-state index contributed by atoms with van der Waals surface area (Å²) in [5, 5.41) is 13.1. The fourth-order valence-corrected chi connectivity index (χ4v) is 2.06. The van der Waals surface area contributed by atoms with Crippen molar-refractivity contribution in [3.63, 3.8) is 0 Å². The highest BCUT2D eigenvalue weighted by Crippen LogP contribution is 2.05. The normalized spacial score (nSPS) is 10.8. The second kappa shape index (κ2) is 10.6. The van der Waals surface area contributed by atoms with Gasteiger partial charge in [-0.2, -0.15) is 5.10 Å². The summed E-state index contributed by atoms with van der Waals surface area (Å²) in [6, 6.07) is 7.40. The van der Waals surface area contributed by atoms with Crippen molar-refractivity contribution in [1.82, 2.24) is 30.7 Å². The van der Waals surface area contributed by atoms with Gasteiger partial charge in [0.05, 0.1) is 13.1 Å². The minimum absolute atomic E-state index is 0. The van der Waals surface area contributed by atoms with Gasteiger partial charge in [0.2, 0.25) is 0 Å². The first-order valence-electron chi connectivity index (χ1n) is 7.80. The summed E-state index contributed by atoms with van der Waals surface area (Å²) in [7, 11) is 3.47. The third-order valence-electron chi connectivity index (χ3n) is 3.43. The number of guanidine groups is 1. The number of hydrogen-bond donors (Lipinski definition) is 3. The molecule has 1 aromatic heterocycles. The number of nitrogens with zero attached hydrogens (tertiary/aromatic N) is 4. The Labute approximate surface area is 164 Å². The molecule has 0 fully saturated rings. The zero-order valence-electron chi connectivity index (χ0n) is 14.6. The van der Waals surface area contributed by atoms with Crippen molar-refractivity contribution in [3.05, 3.63) is 47.5 Å². The SMILES string of the molecule is CCNC(=NCc1ccc(C(=O)NC)cc1)NCc1ncnn1C.I. The lowest BCUT2D eigenvalue weighted by molar-refractivity contribution is 0.0963. The Bertz CT molecular complexity index is 697. The Hall–Kier alpha value is -2.17. The first-order valence-corrected chi connectivity index (χ1v) is 7.80. The van der Waals surface area contributed by atoms with Crippen molar-refractivity contribution in [3.8, 4) is 0 Å². The molecule has 0 bridgehead atoms. The molecule has 2 rings (SSSR count). The molecule has 3 N–H and O–H groups in total. The van der Waals surface area contributed by atoms with E-state index >= 15 is 0 Å². The average molecular weight is 457 g/mol. The molecule has 0 radical (unpaired) electrons. The van der Waals surface area contributed by atoms with E-state index in [0.29, 0.717) is 24.6 Å². The monoisotopic (exact) mass is 457 g/mol. The number of aryl methyl sites for hydroxylation is 1. The fraction of sp³-hybridized carbons (Fsp3) is 0.375. The van der Waals surface area contributed by atoms with E-state index in [4.69, 9.17) is 0 Å². The van der Waals surface area contributed by atoms with Gasteiger partial charge >= 0.3 is 0 Å². The first-order chi connectivity index (χ1) is 11.6. The van der Waals surface area contributed by atoms with Crippen LogP contribution in [0.2, 0.25) is 0 Å². The fourth-order valence-electron chi connectivity index (χ4n) is 2.06. The molecule has 0 aliphatic carbocycles. The predicted molar refractivity (Wildman–Crippen MR) is 108 cm³/mol. The van der Waals surface area contributed by atoms with E-state index in [-0.39, 0.29) is 29.9 Å². The highest BCUT2D eigenvalue weighted by atomic mass is 127. The summed E-state index contributed by atoms with van der Waals surface area (Å²) in [5.41, 5.74) is 1.66. The van der Waals surface area contributed by atoms with E-state index in [0.717, 1.165) is 17.9 Å². The van der Waals surface area contributed by atoms with Crippen LogP contribution < -0.4 is 16.0 Å². The van der Waals surface area contributed by atoms with Crippen LogP contribution in [0.1, 0.15) is 28.7 Å². The molecule has 2 aromatic rings. The minimum Gasteiger partial charge on any atom is -0.357 e. The highest BCUT2D eigenvalue weighted by molar-refractivity contribution is 14.0. The number of carbonyl (C=O) groups excluding carboxylic acids is 1. The number of amides is 1. The molecule has 0 spiro atoms. The molecule has 136 valence electrons. The largest absolute Gasteiger partial charge is 0.357 e. The molecule has 0 aliphatic heterocycles. The Balaban J connectivity index is 0.00000312. The van der Waals surface area contributed by atoms with Gasteiger partial charge in [0.15, 0.2) is 5.96 Å². The van der Waals surface area contributed by atoms with E-state index in [1.54, 1.807) is 23.9 Å². The van der Waals surface area contributed by atoms with Gasteiger partial charge in [0.25, 0.3) is 5.91 Å². The van der Waals surface area contributed by atoms with Crippen LogP contribution in [-0.4, -0.2) is 40.2 Å². The molecule has 8 nitrogen and oxygen atoms in total. The molecule has 0 saturated carbocycles. The zero-order chi connectivity index (χ0) is 17.4. The van der Waals surface area contributed by atoms with Crippen LogP contribution in [0.15, 0.2) is 35.6 Å². The highest BCUT2D eigenvalue weighted by Gasteiger charge is 2.04. The minimum atomic E-state index is -0.0938. The van der Waals surface area contributed by atoms with Crippen molar-refractivity contribution >= 4 is 35.8 Å². The van der Waals surface area contributed by atoms with Crippen LogP contribution in [0.25, 0.3) is 0 Å². The Kier molecular flexibility index (Phi) is 8.89. The summed E-state index contributed by atoms with van der Waals surface area (Å²) in [5.74, 6) is 1.44. The average Bonchev–Trinajstić information content (AvgIpc) is 3.02. The predicted octanol–water partition coefficient (Wildman–Crippen LogP) is 1.05. The Morgan fingerprint density at radius 1 is 1.24 bits per heavy atom. The van der Waals surface area contributed by atoms with Crippen LogP contribution >= 0.6 is 24.0 Å². The zero-order valence-corrected chi connectivity index (χ0v) is 16.9. The van der Waals surface area contributed by atoms with Crippen molar-refractivity contribution in [2.75, 3.05) is 13.6 Å². The third kappa shape index (κ3) is 6.33. The summed E-state index contributed by atoms with van der Waals surface area (Å²) >= 11 is 0. The van der Waals surface area contributed by atoms with Gasteiger partial charge < -0.3 is 16.0 Å². The van der Waals surface area contributed by atoms with E-state index in [1.165, 1.54) is 6.33 Å². The summed E-state index contributed by atoms with van der Waals surface area (Å²) < 4.78 is 1.72. The smallest absolute Gasteiger partial charge is 0.251 e. The van der Waals surface area contributed by atoms with Gasteiger partial charge in [-0.05, 0) is 24.6 Å². The molecule has 0 unspecified atom stereocenters.